The number of methoxy groups -OCH3 is 4. The van der Waals surface area contributed by atoms with Crippen molar-refractivity contribution in [3.8, 4) is 40.1 Å². The highest BCUT2D eigenvalue weighted by Gasteiger charge is 2.18. The molecule has 4 aromatic rings. The van der Waals surface area contributed by atoms with Gasteiger partial charge in [-0.2, -0.15) is 5.10 Å². The zero-order valence-corrected chi connectivity index (χ0v) is 23.2. The number of amides is 1. The van der Waals surface area contributed by atoms with E-state index in [9.17, 15) is 4.79 Å². The molecule has 10 nitrogen and oxygen atoms in total. The van der Waals surface area contributed by atoms with Crippen LogP contribution in [0.5, 0.6) is 23.0 Å². The van der Waals surface area contributed by atoms with E-state index in [2.05, 4.69) is 20.7 Å². The third kappa shape index (κ3) is 6.62. The minimum atomic E-state index is -0.319. The largest absolute Gasteiger partial charge is 0.497 e. The molecular formula is C27H26ClN5O5S. The number of benzene rings is 3. The number of aromatic nitrogens is 3. The summed E-state index contributed by atoms with van der Waals surface area (Å²) in [4.78, 5) is 12.6. The summed E-state index contributed by atoms with van der Waals surface area (Å²) in [6.45, 7) is 0. The van der Waals surface area contributed by atoms with E-state index in [4.69, 9.17) is 30.5 Å². The lowest BCUT2D eigenvalue weighted by Crippen LogP contribution is -2.20. The van der Waals surface area contributed by atoms with Crippen molar-refractivity contribution < 1.29 is 23.7 Å². The van der Waals surface area contributed by atoms with Crippen molar-refractivity contribution in [3.05, 3.63) is 71.2 Å². The van der Waals surface area contributed by atoms with E-state index >= 15 is 0 Å². The first-order valence-electron chi connectivity index (χ1n) is 11.6. The SMILES string of the molecule is COc1ccc(-c2nnc(SCC(=O)N/N=C/c3cc(OC)c(OC)c(OC)c3)n2-c2ccc(Cl)cc2)cc1. The minimum Gasteiger partial charge on any atom is -0.497 e. The second-order valence-electron chi connectivity index (χ2n) is 7.89. The number of carbonyl (C=O) groups is 1. The standard InChI is InChI=1S/C27H26ClN5O5S/c1-35-21-11-5-18(6-12-21)26-31-32-27(33(26)20-9-7-19(28)8-10-20)39-16-24(34)30-29-15-17-13-22(36-2)25(38-4)23(14-17)37-3/h5-15H,16H2,1-4H3,(H,30,34)/b29-15+. The molecule has 0 fully saturated rings. The Morgan fingerprint density at radius 3 is 2.21 bits per heavy atom. The van der Waals surface area contributed by atoms with Crippen LogP contribution in [0.2, 0.25) is 5.02 Å². The zero-order chi connectivity index (χ0) is 27.8. The predicted octanol–water partition coefficient (Wildman–Crippen LogP) is 4.86. The lowest BCUT2D eigenvalue weighted by molar-refractivity contribution is -0.118. The van der Waals surface area contributed by atoms with E-state index in [0.29, 0.717) is 38.8 Å². The Bertz CT molecular complexity index is 1430. The summed E-state index contributed by atoms with van der Waals surface area (Å²) in [5.74, 6) is 2.51. The van der Waals surface area contributed by atoms with Crippen molar-refractivity contribution in [2.45, 2.75) is 5.16 Å². The van der Waals surface area contributed by atoms with E-state index in [1.165, 1.54) is 39.3 Å². The summed E-state index contributed by atoms with van der Waals surface area (Å²) in [7, 11) is 6.19. The van der Waals surface area contributed by atoms with Gasteiger partial charge in [-0.15, -0.1) is 10.2 Å². The van der Waals surface area contributed by atoms with Crippen molar-refractivity contribution >= 4 is 35.5 Å². The van der Waals surface area contributed by atoms with Crippen LogP contribution in [-0.2, 0) is 4.79 Å². The van der Waals surface area contributed by atoms with Gasteiger partial charge in [0.1, 0.15) is 5.75 Å². The van der Waals surface area contributed by atoms with Crippen LogP contribution in [0.1, 0.15) is 5.56 Å². The number of thioether (sulfide) groups is 1. The molecule has 0 unspecified atom stereocenters. The number of nitrogens with one attached hydrogen (secondary N) is 1. The van der Waals surface area contributed by atoms with Gasteiger partial charge in [0, 0.05) is 21.8 Å². The minimum absolute atomic E-state index is 0.0565. The van der Waals surface area contributed by atoms with Crippen LogP contribution in [0.25, 0.3) is 17.1 Å². The quantitative estimate of drug-likeness (QED) is 0.155. The molecule has 1 heterocycles. The molecule has 4 rings (SSSR count). The molecule has 0 saturated heterocycles. The number of halogens is 1. The lowest BCUT2D eigenvalue weighted by atomic mass is 10.2. The molecule has 0 aliphatic rings. The maximum absolute atomic E-state index is 12.6. The van der Waals surface area contributed by atoms with Crippen LogP contribution in [0.4, 0.5) is 0 Å². The van der Waals surface area contributed by atoms with E-state index in [1.54, 1.807) is 31.4 Å². The van der Waals surface area contributed by atoms with Gasteiger partial charge in [-0.1, -0.05) is 23.4 Å². The highest BCUT2D eigenvalue weighted by atomic mass is 35.5. The van der Waals surface area contributed by atoms with Gasteiger partial charge in [-0.05, 0) is 60.7 Å². The van der Waals surface area contributed by atoms with Gasteiger partial charge in [0.25, 0.3) is 5.91 Å². The Balaban J connectivity index is 1.50. The molecule has 0 bridgehead atoms. The molecule has 1 amide bonds. The van der Waals surface area contributed by atoms with Crippen molar-refractivity contribution in [1.29, 1.82) is 0 Å². The first kappa shape index (κ1) is 27.8. The number of hydrogen-bond donors (Lipinski definition) is 1. The molecular weight excluding hydrogens is 542 g/mol. The van der Waals surface area contributed by atoms with Crippen LogP contribution in [-0.4, -0.2) is 61.1 Å². The zero-order valence-electron chi connectivity index (χ0n) is 21.7. The summed E-state index contributed by atoms with van der Waals surface area (Å²) >= 11 is 7.33. The molecule has 1 aromatic heterocycles. The lowest BCUT2D eigenvalue weighted by Gasteiger charge is -2.12. The number of carbonyl (C=O) groups excluding carboxylic acids is 1. The molecule has 202 valence electrons. The monoisotopic (exact) mass is 567 g/mol. The Kier molecular flexibility index (Phi) is 9.29. The maximum Gasteiger partial charge on any atom is 0.250 e. The summed E-state index contributed by atoms with van der Waals surface area (Å²) in [5.41, 5.74) is 4.83. The molecule has 0 saturated carbocycles. The number of ether oxygens (including phenoxy) is 4. The van der Waals surface area contributed by atoms with Gasteiger partial charge in [0.05, 0.1) is 40.4 Å². The fourth-order valence-electron chi connectivity index (χ4n) is 3.63. The molecule has 0 aliphatic carbocycles. The predicted molar refractivity (Wildman–Crippen MR) is 151 cm³/mol. The Morgan fingerprint density at radius 2 is 1.62 bits per heavy atom. The van der Waals surface area contributed by atoms with Crippen molar-refractivity contribution in [2.75, 3.05) is 34.2 Å². The maximum atomic E-state index is 12.6. The van der Waals surface area contributed by atoms with Crippen LogP contribution >= 0.6 is 23.4 Å². The van der Waals surface area contributed by atoms with Crippen LogP contribution < -0.4 is 24.4 Å². The summed E-state index contributed by atoms with van der Waals surface area (Å²) in [6.07, 6.45) is 1.49. The first-order chi connectivity index (χ1) is 19.0. The summed E-state index contributed by atoms with van der Waals surface area (Å²) in [6, 6.07) is 18.2. The van der Waals surface area contributed by atoms with E-state index in [0.717, 1.165) is 17.0 Å². The molecule has 0 atom stereocenters. The molecule has 12 heteroatoms. The normalized spacial score (nSPS) is 10.9. The second kappa shape index (κ2) is 13.0. The van der Waals surface area contributed by atoms with Crippen molar-refractivity contribution in [3.63, 3.8) is 0 Å². The van der Waals surface area contributed by atoms with Gasteiger partial charge in [0.2, 0.25) is 5.75 Å². The highest BCUT2D eigenvalue weighted by molar-refractivity contribution is 7.99. The molecule has 1 N–H and O–H groups in total. The van der Waals surface area contributed by atoms with Gasteiger partial charge in [-0.3, -0.25) is 9.36 Å². The number of hydrogen-bond acceptors (Lipinski definition) is 9. The average Bonchev–Trinajstić information content (AvgIpc) is 3.39. The fraction of sp³-hybridized carbons (Fsp3) is 0.185. The summed E-state index contributed by atoms with van der Waals surface area (Å²) < 4.78 is 23.2. The van der Waals surface area contributed by atoms with Crippen LogP contribution in [0.15, 0.2) is 70.9 Å². The number of rotatable bonds is 11. The number of hydrazone groups is 1. The van der Waals surface area contributed by atoms with Crippen LogP contribution in [0, 0.1) is 0 Å². The molecule has 0 spiro atoms. The summed E-state index contributed by atoms with van der Waals surface area (Å²) in [5, 5.41) is 13.9. The average molecular weight is 568 g/mol. The van der Waals surface area contributed by atoms with E-state index in [-0.39, 0.29) is 11.7 Å². The topological polar surface area (TPSA) is 109 Å². The Hall–Kier alpha value is -4.22. The van der Waals surface area contributed by atoms with Gasteiger partial charge < -0.3 is 18.9 Å². The van der Waals surface area contributed by atoms with Gasteiger partial charge >= 0.3 is 0 Å². The first-order valence-corrected chi connectivity index (χ1v) is 12.9. The molecule has 0 aliphatic heterocycles. The Labute approximate surface area is 234 Å². The van der Waals surface area contributed by atoms with Gasteiger partial charge in [-0.25, -0.2) is 5.43 Å². The van der Waals surface area contributed by atoms with Gasteiger partial charge in [0.15, 0.2) is 22.5 Å². The van der Waals surface area contributed by atoms with Crippen LogP contribution in [0.3, 0.4) is 0 Å². The van der Waals surface area contributed by atoms with E-state index in [1.807, 2.05) is 41.0 Å². The third-order valence-corrected chi connectivity index (χ3v) is 6.67. The van der Waals surface area contributed by atoms with E-state index < -0.39 is 0 Å². The molecule has 3 aromatic carbocycles. The Morgan fingerprint density at radius 1 is 0.949 bits per heavy atom. The molecule has 39 heavy (non-hydrogen) atoms. The smallest absolute Gasteiger partial charge is 0.250 e. The van der Waals surface area contributed by atoms with Crippen molar-refractivity contribution in [2.24, 2.45) is 5.10 Å². The second-order valence-corrected chi connectivity index (χ2v) is 9.27. The molecule has 0 radical (unpaired) electrons. The fourth-order valence-corrected chi connectivity index (χ4v) is 4.50. The van der Waals surface area contributed by atoms with Crippen molar-refractivity contribution in [1.82, 2.24) is 20.2 Å². The highest BCUT2D eigenvalue weighted by Crippen LogP contribution is 2.37. The number of nitrogens with zero attached hydrogens (tertiary/aromatic N) is 4. The third-order valence-electron chi connectivity index (χ3n) is 5.49.